The smallest absolute Gasteiger partial charge is 0.0435 e. The lowest BCUT2D eigenvalue weighted by Crippen LogP contribution is -2.20. The molecule has 1 heterocycles. The summed E-state index contributed by atoms with van der Waals surface area (Å²) in [5.74, 6) is 0.655. The molecule has 74 valence electrons. The molecule has 0 spiro atoms. The van der Waals surface area contributed by atoms with Crippen molar-refractivity contribution in [1.29, 1.82) is 0 Å². The van der Waals surface area contributed by atoms with E-state index in [1.807, 2.05) is 18.4 Å². The summed E-state index contributed by atoms with van der Waals surface area (Å²) in [6.45, 7) is 8.88. The van der Waals surface area contributed by atoms with Crippen molar-refractivity contribution in [1.82, 2.24) is 5.32 Å². The molecule has 1 N–H and O–H groups in total. The molecule has 0 saturated heterocycles. The fraction of sp³-hybridized carbons (Fsp3) is 0.636. The van der Waals surface area contributed by atoms with Gasteiger partial charge in [-0.25, -0.2) is 0 Å². The number of nitrogens with one attached hydrogen (secondary N) is 1. The summed E-state index contributed by atoms with van der Waals surface area (Å²) < 4.78 is 0. The number of hydrogen-bond donors (Lipinski definition) is 1. The highest BCUT2D eigenvalue weighted by Gasteiger charge is 2.15. The van der Waals surface area contributed by atoms with Crippen LogP contribution in [0.5, 0.6) is 0 Å². The van der Waals surface area contributed by atoms with E-state index < -0.39 is 0 Å². The first kappa shape index (κ1) is 10.7. The minimum absolute atomic E-state index is 0.511. The lowest BCUT2D eigenvalue weighted by molar-refractivity contribution is 0.449. The molecule has 1 nitrogen and oxygen atoms in total. The molecule has 0 aliphatic rings. The number of aryl methyl sites for hydroxylation is 2. The summed E-state index contributed by atoms with van der Waals surface area (Å²) in [5.41, 5.74) is 1.42. The minimum Gasteiger partial charge on any atom is -0.312 e. The van der Waals surface area contributed by atoms with Gasteiger partial charge in [0, 0.05) is 15.8 Å². The van der Waals surface area contributed by atoms with Gasteiger partial charge < -0.3 is 5.32 Å². The Morgan fingerprint density at radius 2 is 1.92 bits per heavy atom. The van der Waals surface area contributed by atoms with Crippen molar-refractivity contribution in [3.63, 3.8) is 0 Å². The molecule has 1 rings (SSSR count). The highest BCUT2D eigenvalue weighted by atomic mass is 32.1. The molecule has 1 atom stereocenters. The Hall–Kier alpha value is -0.340. The second-order valence-electron chi connectivity index (χ2n) is 3.90. The molecule has 0 aliphatic heterocycles. The largest absolute Gasteiger partial charge is 0.312 e. The second kappa shape index (κ2) is 4.25. The molecule has 13 heavy (non-hydrogen) atoms. The Kier molecular flexibility index (Phi) is 3.51. The average Bonchev–Trinajstić information content (AvgIpc) is 2.32. The zero-order valence-corrected chi connectivity index (χ0v) is 9.96. The van der Waals surface area contributed by atoms with Gasteiger partial charge in [-0.15, -0.1) is 11.3 Å². The molecule has 0 fully saturated rings. The van der Waals surface area contributed by atoms with Crippen LogP contribution in [0, 0.1) is 19.8 Å². The first-order chi connectivity index (χ1) is 6.06. The van der Waals surface area contributed by atoms with Crippen LogP contribution in [0.25, 0.3) is 0 Å². The van der Waals surface area contributed by atoms with E-state index in [0.29, 0.717) is 12.0 Å². The molecule has 2 heteroatoms. The first-order valence-corrected chi connectivity index (χ1v) is 5.62. The fourth-order valence-corrected chi connectivity index (χ4v) is 2.89. The standard InChI is InChI=1S/C11H19NS/c1-7(2)11(12-5)10-6-8(3)9(4)13-10/h6-7,11-12H,1-5H3. The van der Waals surface area contributed by atoms with Gasteiger partial charge in [-0.1, -0.05) is 13.8 Å². The Morgan fingerprint density at radius 3 is 2.23 bits per heavy atom. The summed E-state index contributed by atoms with van der Waals surface area (Å²) in [6, 6.07) is 2.82. The monoisotopic (exact) mass is 197 g/mol. The van der Waals surface area contributed by atoms with Gasteiger partial charge in [-0.2, -0.15) is 0 Å². The molecule has 0 aliphatic carbocycles. The molecule has 0 bridgehead atoms. The van der Waals surface area contributed by atoms with Gasteiger partial charge in [0.1, 0.15) is 0 Å². The summed E-state index contributed by atoms with van der Waals surface area (Å²) in [6.07, 6.45) is 0. The maximum Gasteiger partial charge on any atom is 0.0435 e. The second-order valence-corrected chi connectivity index (χ2v) is 5.19. The predicted octanol–water partition coefficient (Wildman–Crippen LogP) is 3.28. The molecule has 0 radical (unpaired) electrons. The maximum atomic E-state index is 3.37. The molecule has 1 aromatic heterocycles. The molecule has 1 unspecified atom stereocenters. The predicted molar refractivity (Wildman–Crippen MR) is 60.4 cm³/mol. The van der Waals surface area contributed by atoms with Crippen LogP contribution in [-0.2, 0) is 0 Å². The van der Waals surface area contributed by atoms with E-state index in [1.54, 1.807) is 0 Å². The van der Waals surface area contributed by atoms with Crippen LogP contribution >= 0.6 is 11.3 Å². The average molecular weight is 197 g/mol. The molecule has 0 amide bonds. The molecule has 1 aromatic rings. The van der Waals surface area contributed by atoms with E-state index in [0.717, 1.165) is 0 Å². The van der Waals surface area contributed by atoms with Crippen molar-refractivity contribution in [3.8, 4) is 0 Å². The maximum absolute atomic E-state index is 3.37. The summed E-state index contributed by atoms with van der Waals surface area (Å²) in [4.78, 5) is 2.91. The normalized spacial score (nSPS) is 13.7. The van der Waals surface area contributed by atoms with Gasteiger partial charge in [0.25, 0.3) is 0 Å². The zero-order chi connectivity index (χ0) is 10.0. The Bertz CT molecular complexity index is 256. The third-order valence-electron chi connectivity index (χ3n) is 2.47. The molecule has 0 aromatic carbocycles. The highest BCUT2D eigenvalue weighted by Crippen LogP contribution is 2.30. The van der Waals surface area contributed by atoms with Crippen LogP contribution in [0.3, 0.4) is 0 Å². The van der Waals surface area contributed by atoms with Crippen molar-refractivity contribution in [2.75, 3.05) is 7.05 Å². The quantitative estimate of drug-likeness (QED) is 0.784. The van der Waals surface area contributed by atoms with Gasteiger partial charge in [0.15, 0.2) is 0 Å². The number of thiophene rings is 1. The van der Waals surface area contributed by atoms with Crippen LogP contribution in [0.2, 0.25) is 0 Å². The van der Waals surface area contributed by atoms with Crippen LogP contribution in [0.1, 0.15) is 35.2 Å². The summed E-state index contributed by atoms with van der Waals surface area (Å²) >= 11 is 1.91. The molecular formula is C11H19NS. The van der Waals surface area contributed by atoms with E-state index >= 15 is 0 Å². The minimum atomic E-state index is 0.511. The van der Waals surface area contributed by atoms with Crippen molar-refractivity contribution in [2.24, 2.45) is 5.92 Å². The van der Waals surface area contributed by atoms with Gasteiger partial charge in [-0.05, 0) is 38.4 Å². The molecular weight excluding hydrogens is 178 g/mol. The lowest BCUT2D eigenvalue weighted by Gasteiger charge is -2.18. The highest BCUT2D eigenvalue weighted by molar-refractivity contribution is 7.12. The van der Waals surface area contributed by atoms with E-state index in [9.17, 15) is 0 Å². The summed E-state index contributed by atoms with van der Waals surface area (Å²) in [7, 11) is 2.04. The van der Waals surface area contributed by atoms with E-state index in [2.05, 4.69) is 39.1 Å². The molecule has 0 saturated carbocycles. The van der Waals surface area contributed by atoms with E-state index in [4.69, 9.17) is 0 Å². The van der Waals surface area contributed by atoms with Gasteiger partial charge >= 0.3 is 0 Å². The Balaban J connectivity index is 2.92. The SMILES string of the molecule is CNC(c1cc(C)c(C)s1)C(C)C. The van der Waals surface area contributed by atoms with Gasteiger partial charge in [0.05, 0.1) is 0 Å². The Morgan fingerprint density at radius 1 is 1.31 bits per heavy atom. The van der Waals surface area contributed by atoms with Crippen LogP contribution in [0.15, 0.2) is 6.07 Å². The van der Waals surface area contributed by atoms with Crippen molar-refractivity contribution >= 4 is 11.3 Å². The van der Waals surface area contributed by atoms with Crippen LogP contribution in [-0.4, -0.2) is 7.05 Å². The van der Waals surface area contributed by atoms with Crippen molar-refractivity contribution in [3.05, 3.63) is 21.4 Å². The third kappa shape index (κ3) is 2.32. The zero-order valence-electron chi connectivity index (χ0n) is 9.14. The van der Waals surface area contributed by atoms with E-state index in [1.165, 1.54) is 15.3 Å². The number of rotatable bonds is 3. The topological polar surface area (TPSA) is 12.0 Å². The van der Waals surface area contributed by atoms with Crippen molar-refractivity contribution in [2.45, 2.75) is 33.7 Å². The lowest BCUT2D eigenvalue weighted by atomic mass is 10.0. The number of hydrogen-bond acceptors (Lipinski definition) is 2. The van der Waals surface area contributed by atoms with Crippen LogP contribution in [0.4, 0.5) is 0 Å². The fourth-order valence-electron chi connectivity index (χ4n) is 1.56. The Labute approximate surface area is 85.2 Å². The van der Waals surface area contributed by atoms with Crippen LogP contribution < -0.4 is 5.32 Å². The van der Waals surface area contributed by atoms with E-state index in [-0.39, 0.29) is 0 Å². The van der Waals surface area contributed by atoms with Crippen molar-refractivity contribution < 1.29 is 0 Å². The summed E-state index contributed by atoms with van der Waals surface area (Å²) in [5, 5.41) is 3.37. The third-order valence-corrected chi connectivity index (χ3v) is 3.70. The van der Waals surface area contributed by atoms with Gasteiger partial charge in [-0.3, -0.25) is 0 Å². The first-order valence-electron chi connectivity index (χ1n) is 4.80. The van der Waals surface area contributed by atoms with Gasteiger partial charge in [0.2, 0.25) is 0 Å².